The number of aromatic hydroxyl groups is 1. The van der Waals surface area contributed by atoms with Gasteiger partial charge in [0.15, 0.2) is 0 Å². The maximum absolute atomic E-state index is 10.8. The molecule has 2 N–H and O–H groups in total. The summed E-state index contributed by atoms with van der Waals surface area (Å²) in [4.78, 5) is 0. The fraction of sp³-hybridized carbons (Fsp3) is 0. The van der Waals surface area contributed by atoms with E-state index >= 15 is 0 Å². The molecule has 4 radical (unpaired) electrons. The second kappa shape index (κ2) is 17.4. The summed E-state index contributed by atoms with van der Waals surface area (Å²) in [5.41, 5.74) is 1.47. The van der Waals surface area contributed by atoms with E-state index in [-0.39, 0.29) is 40.6 Å². The standard InChI is InChI=1S/2C7H6N4OS.2C6H5.Sn/c2*12-6-3-1-5(2-4-6)11-7(13)8-9-10-11;2*1-2-4-6-5-3-1;/h2*1-4,12H,(H,8,10,13);2*1-5H;/q;;;;+2/p-2. The van der Waals surface area contributed by atoms with Gasteiger partial charge in [0.05, 0.1) is 11.4 Å². The van der Waals surface area contributed by atoms with Crippen molar-refractivity contribution in [1.29, 1.82) is 0 Å². The molecule has 192 valence electrons. The van der Waals surface area contributed by atoms with Crippen LogP contribution in [0.25, 0.3) is 11.4 Å². The van der Waals surface area contributed by atoms with Crippen molar-refractivity contribution in [2.24, 2.45) is 0 Å². The van der Waals surface area contributed by atoms with E-state index in [9.17, 15) is 5.11 Å². The van der Waals surface area contributed by atoms with Gasteiger partial charge < -0.3 is 22.8 Å². The third-order valence-corrected chi connectivity index (χ3v) is 4.83. The monoisotopic (exact) mass is 660 g/mol. The van der Waals surface area contributed by atoms with Crippen LogP contribution < -0.4 is 5.11 Å². The molecule has 0 aliphatic carbocycles. The van der Waals surface area contributed by atoms with Crippen molar-refractivity contribution >= 4 is 48.8 Å². The molecular weight excluding hydrogens is 639 g/mol. The van der Waals surface area contributed by atoms with Crippen LogP contribution in [0.1, 0.15) is 0 Å². The van der Waals surface area contributed by atoms with Gasteiger partial charge in [-0.15, -0.1) is 10.8 Å². The quantitative estimate of drug-likeness (QED) is 0.163. The molecule has 0 saturated carbocycles. The SMILES string of the molecule is Oc1ccc(-n2[nH]nnc2=S)cc1.[O-]c1ccc(-n2nnnc2[S-])cc1.[Sn+2].[c]1ccccc1.[c]1ccccc1. The van der Waals surface area contributed by atoms with E-state index < -0.39 is 0 Å². The zero-order chi connectivity index (χ0) is 27.0. The number of H-pyrrole nitrogens is 1. The summed E-state index contributed by atoms with van der Waals surface area (Å²) < 4.78 is 3.27. The van der Waals surface area contributed by atoms with Crippen LogP contribution in [0.15, 0.2) is 114 Å². The molecule has 39 heavy (non-hydrogen) atoms. The van der Waals surface area contributed by atoms with E-state index in [1.165, 1.54) is 21.5 Å². The number of aromatic amines is 1. The summed E-state index contributed by atoms with van der Waals surface area (Å²) in [7, 11) is 0. The topological polar surface area (TPSA) is 133 Å². The number of hydrogen-bond acceptors (Lipinski definition) is 9. The Bertz CT molecular complexity index is 1430. The average Bonchev–Trinajstić information content (AvgIpc) is 3.60. The number of phenolic OH excluding ortho intramolecular Hbond substituents is 1. The van der Waals surface area contributed by atoms with Gasteiger partial charge >= 0.3 is 23.9 Å². The van der Waals surface area contributed by atoms with Crippen molar-refractivity contribution in [1.82, 2.24) is 40.4 Å². The smallest absolute Gasteiger partial charge is 0.872 e. The van der Waals surface area contributed by atoms with E-state index in [0.717, 1.165) is 5.69 Å². The van der Waals surface area contributed by atoms with Crippen LogP contribution in [0.5, 0.6) is 11.5 Å². The van der Waals surface area contributed by atoms with Gasteiger partial charge in [-0.1, -0.05) is 83.1 Å². The minimum atomic E-state index is -0.0530. The van der Waals surface area contributed by atoms with Crippen LogP contribution in [-0.4, -0.2) is 69.4 Å². The van der Waals surface area contributed by atoms with Gasteiger partial charge in [0.25, 0.3) is 0 Å². The zero-order valence-electron chi connectivity index (χ0n) is 20.2. The number of nitrogens with zero attached hydrogens (tertiary/aromatic N) is 7. The number of aromatic nitrogens is 8. The Kier molecular flexibility index (Phi) is 13.9. The third kappa shape index (κ3) is 11.0. The van der Waals surface area contributed by atoms with Crippen molar-refractivity contribution in [3.05, 3.63) is 126 Å². The molecule has 2 heterocycles. The molecule has 0 unspecified atom stereocenters. The molecule has 0 saturated heterocycles. The maximum Gasteiger partial charge on any atom is 2.00 e. The molecule has 13 heteroatoms. The number of hydrogen-bond donors (Lipinski definition) is 2. The van der Waals surface area contributed by atoms with Gasteiger partial charge in [-0.3, -0.25) is 0 Å². The summed E-state index contributed by atoms with van der Waals surface area (Å²) in [5.74, 6) is 0.158. The summed E-state index contributed by atoms with van der Waals surface area (Å²) in [6.45, 7) is 0. The average molecular weight is 659 g/mol. The van der Waals surface area contributed by atoms with Gasteiger partial charge in [-0.25, -0.2) is 9.36 Å². The van der Waals surface area contributed by atoms with Crippen molar-refractivity contribution < 1.29 is 10.2 Å². The molecule has 6 rings (SSSR count). The van der Waals surface area contributed by atoms with Crippen LogP contribution in [0.3, 0.4) is 0 Å². The predicted molar refractivity (Wildman–Crippen MR) is 149 cm³/mol. The molecule has 0 amide bonds. The Balaban J connectivity index is 0.000000192. The Labute approximate surface area is 252 Å². The van der Waals surface area contributed by atoms with E-state index in [0.29, 0.717) is 10.5 Å². The molecule has 0 aliphatic rings. The molecular formula is C26H20N8O2S2Sn. The predicted octanol–water partition coefficient (Wildman–Crippen LogP) is 3.26. The first-order chi connectivity index (χ1) is 18.5. The minimum absolute atomic E-state index is 0. The van der Waals surface area contributed by atoms with E-state index in [2.05, 4.69) is 43.2 Å². The number of benzene rings is 4. The van der Waals surface area contributed by atoms with Crippen LogP contribution in [-0.2, 0) is 12.6 Å². The van der Waals surface area contributed by atoms with E-state index in [1.807, 2.05) is 60.7 Å². The molecule has 6 aromatic rings. The Hall–Kier alpha value is -4.14. The van der Waals surface area contributed by atoms with Crippen molar-refractivity contribution in [2.75, 3.05) is 0 Å². The normalized spacial score (nSPS) is 9.23. The Morgan fingerprint density at radius 1 is 0.795 bits per heavy atom. The number of phenols is 1. The molecule has 10 nitrogen and oxygen atoms in total. The fourth-order valence-electron chi connectivity index (χ4n) is 2.58. The van der Waals surface area contributed by atoms with Crippen molar-refractivity contribution in [3.63, 3.8) is 0 Å². The van der Waals surface area contributed by atoms with Crippen LogP contribution in [0.2, 0.25) is 0 Å². The Morgan fingerprint density at radius 2 is 1.33 bits per heavy atom. The summed E-state index contributed by atoms with van der Waals surface area (Å²) >= 11 is 9.74. The van der Waals surface area contributed by atoms with Gasteiger partial charge in [-0.05, 0) is 71.2 Å². The van der Waals surface area contributed by atoms with Gasteiger partial charge in [0.1, 0.15) is 5.75 Å². The third-order valence-electron chi connectivity index (χ3n) is 4.32. The van der Waals surface area contributed by atoms with Gasteiger partial charge in [-0.2, -0.15) is 5.21 Å². The van der Waals surface area contributed by atoms with Gasteiger partial charge in [0, 0.05) is 5.16 Å². The zero-order valence-corrected chi connectivity index (χ0v) is 24.7. The fourth-order valence-corrected chi connectivity index (χ4v) is 2.94. The van der Waals surface area contributed by atoms with Crippen LogP contribution >= 0.6 is 12.2 Å². The summed E-state index contributed by atoms with van der Waals surface area (Å²) in [6, 6.07) is 37.7. The second-order valence-corrected chi connectivity index (χ2v) is 7.69. The van der Waals surface area contributed by atoms with E-state index in [4.69, 9.17) is 30.0 Å². The molecule has 0 atom stereocenters. The minimum Gasteiger partial charge on any atom is -0.872 e. The van der Waals surface area contributed by atoms with Crippen molar-refractivity contribution in [2.45, 2.75) is 5.16 Å². The number of rotatable bonds is 2. The Morgan fingerprint density at radius 3 is 1.72 bits per heavy atom. The molecule has 0 aliphatic heterocycles. The molecule has 2 aromatic heterocycles. The largest absolute Gasteiger partial charge is 2.00 e. The van der Waals surface area contributed by atoms with Crippen molar-refractivity contribution in [3.8, 4) is 22.9 Å². The molecule has 4 aromatic carbocycles. The van der Waals surface area contributed by atoms with Gasteiger partial charge in [0.2, 0.25) is 4.77 Å². The summed E-state index contributed by atoms with van der Waals surface area (Å²) in [6.07, 6.45) is 0. The maximum atomic E-state index is 10.8. The second-order valence-electron chi connectivity index (χ2n) is 6.96. The summed E-state index contributed by atoms with van der Waals surface area (Å²) in [5, 5.41) is 40.5. The number of nitrogens with one attached hydrogen (secondary N) is 1. The van der Waals surface area contributed by atoms with E-state index in [1.54, 1.807) is 36.4 Å². The molecule has 0 spiro atoms. The first-order valence-corrected chi connectivity index (χ1v) is 11.7. The van der Waals surface area contributed by atoms with Crippen LogP contribution in [0, 0.1) is 16.9 Å². The van der Waals surface area contributed by atoms with Crippen LogP contribution in [0.4, 0.5) is 0 Å². The first-order valence-electron chi connectivity index (χ1n) is 10.9. The molecule has 0 fully saturated rings. The first kappa shape index (κ1) is 31.1. The molecule has 0 bridgehead atoms. The number of tetrazole rings is 2.